The Morgan fingerprint density at radius 1 is 1.10 bits per heavy atom. The number of nitriles is 1. The highest BCUT2D eigenvalue weighted by Gasteiger charge is 2.13. The first-order valence-electron chi connectivity index (χ1n) is 10.0. The van der Waals surface area contributed by atoms with Gasteiger partial charge in [-0.25, -0.2) is 4.79 Å². The summed E-state index contributed by atoms with van der Waals surface area (Å²) < 4.78 is 7.01. The largest absolute Gasteiger partial charge is 0.465 e. The molecule has 1 heterocycles. The molecule has 0 amide bonds. The molecule has 0 bridgehead atoms. The molecule has 5 nitrogen and oxygen atoms in total. The molecule has 0 aliphatic heterocycles. The van der Waals surface area contributed by atoms with Crippen molar-refractivity contribution in [2.24, 2.45) is 0 Å². The fourth-order valence-corrected chi connectivity index (χ4v) is 3.94. The van der Waals surface area contributed by atoms with Crippen LogP contribution in [0.3, 0.4) is 0 Å². The van der Waals surface area contributed by atoms with Gasteiger partial charge in [-0.05, 0) is 78.1 Å². The standard InChI is InChI=1S/C26H23N3O2/c1-17-10-21(26(30)31-2)7-6-20(17)12-22-16-29(25-9-8-23(28)13-24(22)25)15-19-5-3-4-18(11-19)14-27/h3-11,13,16H,12,15,28H2,1-2H3. The summed E-state index contributed by atoms with van der Waals surface area (Å²) in [5.41, 5.74) is 13.5. The van der Waals surface area contributed by atoms with Crippen LogP contribution in [0, 0.1) is 18.3 Å². The Labute approximate surface area is 181 Å². The van der Waals surface area contributed by atoms with Crippen LogP contribution in [0.5, 0.6) is 0 Å². The number of rotatable bonds is 5. The molecule has 0 aliphatic rings. The summed E-state index contributed by atoms with van der Waals surface area (Å²) in [6, 6.07) is 21.5. The van der Waals surface area contributed by atoms with Crippen molar-refractivity contribution >= 4 is 22.6 Å². The van der Waals surface area contributed by atoms with Crippen molar-refractivity contribution < 1.29 is 9.53 Å². The molecular weight excluding hydrogens is 386 g/mol. The Morgan fingerprint density at radius 2 is 1.94 bits per heavy atom. The van der Waals surface area contributed by atoms with Crippen LogP contribution >= 0.6 is 0 Å². The van der Waals surface area contributed by atoms with Crippen LogP contribution < -0.4 is 5.73 Å². The van der Waals surface area contributed by atoms with Gasteiger partial charge in [0, 0.05) is 29.3 Å². The maximum Gasteiger partial charge on any atom is 0.337 e. The number of aromatic nitrogens is 1. The summed E-state index contributed by atoms with van der Waals surface area (Å²) in [6.07, 6.45) is 2.87. The van der Waals surface area contributed by atoms with Gasteiger partial charge in [0.15, 0.2) is 0 Å². The number of anilines is 1. The van der Waals surface area contributed by atoms with Crippen LogP contribution in [0.1, 0.15) is 38.2 Å². The van der Waals surface area contributed by atoms with Gasteiger partial charge in [-0.15, -0.1) is 0 Å². The molecule has 0 atom stereocenters. The molecule has 0 aliphatic carbocycles. The van der Waals surface area contributed by atoms with E-state index in [-0.39, 0.29) is 5.97 Å². The van der Waals surface area contributed by atoms with E-state index in [4.69, 9.17) is 10.5 Å². The number of benzene rings is 3. The van der Waals surface area contributed by atoms with Crippen molar-refractivity contribution in [3.8, 4) is 6.07 Å². The maximum atomic E-state index is 11.8. The third-order valence-corrected chi connectivity index (χ3v) is 5.54. The average Bonchev–Trinajstić information content (AvgIpc) is 3.10. The SMILES string of the molecule is COC(=O)c1ccc(Cc2cn(Cc3cccc(C#N)c3)c3ccc(N)cc23)c(C)c1. The number of carbonyl (C=O) groups excluding carboxylic acids is 1. The highest BCUT2D eigenvalue weighted by atomic mass is 16.5. The van der Waals surface area contributed by atoms with Crippen molar-refractivity contribution in [3.63, 3.8) is 0 Å². The fourth-order valence-electron chi connectivity index (χ4n) is 3.94. The van der Waals surface area contributed by atoms with Crippen molar-refractivity contribution in [2.75, 3.05) is 12.8 Å². The Balaban J connectivity index is 1.72. The number of hydrogen-bond acceptors (Lipinski definition) is 4. The molecule has 0 unspecified atom stereocenters. The summed E-state index contributed by atoms with van der Waals surface area (Å²) in [4.78, 5) is 11.8. The van der Waals surface area contributed by atoms with Gasteiger partial charge in [-0.2, -0.15) is 5.26 Å². The minimum absolute atomic E-state index is 0.335. The van der Waals surface area contributed by atoms with Gasteiger partial charge in [-0.1, -0.05) is 18.2 Å². The van der Waals surface area contributed by atoms with Gasteiger partial charge < -0.3 is 15.0 Å². The number of nitrogens with zero attached hydrogens (tertiary/aromatic N) is 2. The van der Waals surface area contributed by atoms with E-state index in [2.05, 4.69) is 16.8 Å². The highest BCUT2D eigenvalue weighted by molar-refractivity contribution is 5.90. The number of methoxy groups -OCH3 is 1. The minimum atomic E-state index is -0.335. The lowest BCUT2D eigenvalue weighted by Gasteiger charge is -2.08. The number of aryl methyl sites for hydroxylation is 1. The molecule has 0 spiro atoms. The zero-order valence-corrected chi connectivity index (χ0v) is 17.6. The van der Waals surface area contributed by atoms with Gasteiger partial charge in [0.1, 0.15) is 0 Å². The van der Waals surface area contributed by atoms with Crippen LogP contribution in [0.25, 0.3) is 10.9 Å². The predicted octanol–water partition coefficient (Wildman–Crippen LogP) is 4.83. The first kappa shape index (κ1) is 20.2. The third kappa shape index (κ3) is 4.15. The van der Waals surface area contributed by atoms with E-state index >= 15 is 0 Å². The quantitative estimate of drug-likeness (QED) is 0.378. The lowest BCUT2D eigenvalue weighted by Crippen LogP contribution is -2.02. The number of hydrogen-bond donors (Lipinski definition) is 1. The molecule has 0 saturated carbocycles. The fraction of sp³-hybridized carbons (Fsp3) is 0.154. The molecule has 4 aromatic rings. The second-order valence-corrected chi connectivity index (χ2v) is 7.68. The van der Waals surface area contributed by atoms with E-state index in [9.17, 15) is 10.1 Å². The van der Waals surface area contributed by atoms with Crippen LogP contribution in [0.15, 0.2) is 66.9 Å². The highest BCUT2D eigenvalue weighted by Crippen LogP contribution is 2.28. The Bertz CT molecular complexity index is 1330. The maximum absolute atomic E-state index is 11.8. The van der Waals surface area contributed by atoms with E-state index in [1.807, 2.05) is 61.5 Å². The summed E-state index contributed by atoms with van der Waals surface area (Å²) in [5.74, 6) is -0.335. The summed E-state index contributed by atoms with van der Waals surface area (Å²) >= 11 is 0. The molecule has 3 aromatic carbocycles. The van der Waals surface area contributed by atoms with Gasteiger partial charge in [0.2, 0.25) is 0 Å². The third-order valence-electron chi connectivity index (χ3n) is 5.54. The van der Waals surface area contributed by atoms with Gasteiger partial charge in [0.25, 0.3) is 0 Å². The molecule has 31 heavy (non-hydrogen) atoms. The molecule has 0 fully saturated rings. The zero-order valence-electron chi connectivity index (χ0n) is 17.6. The van der Waals surface area contributed by atoms with Crippen molar-refractivity contribution in [2.45, 2.75) is 19.9 Å². The number of fused-ring (bicyclic) bond motifs is 1. The topological polar surface area (TPSA) is 81.0 Å². The van der Waals surface area contributed by atoms with Crippen LogP contribution in [-0.2, 0) is 17.7 Å². The Hall–Kier alpha value is -4.04. The number of esters is 1. The molecule has 0 radical (unpaired) electrons. The molecule has 4 rings (SSSR count). The first-order valence-corrected chi connectivity index (χ1v) is 10.0. The normalized spacial score (nSPS) is 10.7. The molecule has 5 heteroatoms. The van der Waals surface area contributed by atoms with Crippen LogP contribution in [-0.4, -0.2) is 17.6 Å². The van der Waals surface area contributed by atoms with Crippen LogP contribution in [0.4, 0.5) is 5.69 Å². The van der Waals surface area contributed by atoms with Gasteiger partial charge >= 0.3 is 5.97 Å². The number of ether oxygens (including phenoxy) is 1. The molecular formula is C26H23N3O2. The van der Waals surface area contributed by atoms with Crippen molar-refractivity contribution in [1.29, 1.82) is 5.26 Å². The van der Waals surface area contributed by atoms with Gasteiger partial charge in [0.05, 0.1) is 24.3 Å². The van der Waals surface area contributed by atoms with Crippen molar-refractivity contribution in [1.82, 2.24) is 4.57 Å². The smallest absolute Gasteiger partial charge is 0.337 e. The lowest BCUT2D eigenvalue weighted by atomic mass is 9.98. The van der Waals surface area contributed by atoms with E-state index in [0.717, 1.165) is 45.3 Å². The van der Waals surface area contributed by atoms with E-state index in [1.165, 1.54) is 7.11 Å². The summed E-state index contributed by atoms with van der Waals surface area (Å²) in [6.45, 7) is 2.67. The first-order chi connectivity index (χ1) is 15.0. The summed E-state index contributed by atoms with van der Waals surface area (Å²) in [5, 5.41) is 10.3. The van der Waals surface area contributed by atoms with Crippen molar-refractivity contribution in [3.05, 3.63) is 100 Å². The Kier molecular flexibility index (Phi) is 5.46. The zero-order chi connectivity index (χ0) is 22.0. The predicted molar refractivity (Wildman–Crippen MR) is 122 cm³/mol. The average molecular weight is 409 g/mol. The lowest BCUT2D eigenvalue weighted by molar-refractivity contribution is 0.0600. The second-order valence-electron chi connectivity index (χ2n) is 7.68. The molecule has 2 N–H and O–H groups in total. The number of nitrogens with two attached hydrogens (primary N) is 1. The summed E-state index contributed by atoms with van der Waals surface area (Å²) in [7, 11) is 1.39. The molecule has 154 valence electrons. The van der Waals surface area contributed by atoms with E-state index < -0.39 is 0 Å². The number of carbonyl (C=O) groups is 1. The Morgan fingerprint density at radius 3 is 2.68 bits per heavy atom. The second kappa shape index (κ2) is 8.37. The van der Waals surface area contributed by atoms with Crippen LogP contribution in [0.2, 0.25) is 0 Å². The number of nitrogen functional groups attached to an aromatic ring is 1. The van der Waals surface area contributed by atoms with E-state index in [0.29, 0.717) is 17.7 Å². The minimum Gasteiger partial charge on any atom is -0.465 e. The molecule has 0 saturated heterocycles. The van der Waals surface area contributed by atoms with Gasteiger partial charge in [-0.3, -0.25) is 0 Å². The molecule has 1 aromatic heterocycles. The monoisotopic (exact) mass is 409 g/mol. The van der Waals surface area contributed by atoms with E-state index in [1.54, 1.807) is 6.07 Å².